The van der Waals surface area contributed by atoms with Gasteiger partial charge in [0.2, 0.25) is 11.8 Å². The average molecular weight is 550 g/mol. The van der Waals surface area contributed by atoms with Crippen LogP contribution in [-0.2, 0) is 30.3 Å². The predicted molar refractivity (Wildman–Crippen MR) is 151 cm³/mol. The molecule has 0 heterocycles. The maximum absolute atomic E-state index is 13.9. The van der Waals surface area contributed by atoms with E-state index in [4.69, 9.17) is 9.47 Å². The van der Waals surface area contributed by atoms with Crippen LogP contribution < -0.4 is 10.6 Å². The standard InChI is InChI=1S/C28H43N3O6S/c1-8-18-31(26(34)22(16-19-38-7)30-27(35)37-28(4,5)6)24(21-13-11-20(9-2)12-14-21)25(33)29-17-15-23(32)36-10-3/h8,11-14,22,24H,1,9-10,15-19H2,2-7H3,(H,29,33)(H,30,35). The number of nitrogens with zero attached hydrogens (tertiary/aromatic N) is 1. The number of amides is 3. The first-order valence-corrected chi connectivity index (χ1v) is 14.3. The van der Waals surface area contributed by atoms with Crippen LogP contribution in [-0.4, -0.2) is 72.1 Å². The van der Waals surface area contributed by atoms with Crippen molar-refractivity contribution in [1.82, 2.24) is 15.5 Å². The van der Waals surface area contributed by atoms with Gasteiger partial charge in [-0.1, -0.05) is 37.3 Å². The summed E-state index contributed by atoms with van der Waals surface area (Å²) in [4.78, 5) is 53.1. The number of carbonyl (C=O) groups is 4. The topological polar surface area (TPSA) is 114 Å². The minimum atomic E-state index is -1.01. The average Bonchev–Trinajstić information content (AvgIpc) is 2.85. The van der Waals surface area contributed by atoms with Gasteiger partial charge in [0.25, 0.3) is 0 Å². The molecule has 38 heavy (non-hydrogen) atoms. The lowest BCUT2D eigenvalue weighted by Gasteiger charge is -2.34. The summed E-state index contributed by atoms with van der Waals surface area (Å²) in [5.74, 6) is -0.700. The van der Waals surface area contributed by atoms with E-state index in [1.54, 1.807) is 27.7 Å². The monoisotopic (exact) mass is 549 g/mol. The fraction of sp³-hybridized carbons (Fsp3) is 0.571. The molecule has 0 spiro atoms. The summed E-state index contributed by atoms with van der Waals surface area (Å²) in [6.45, 7) is 13.1. The van der Waals surface area contributed by atoms with Gasteiger partial charge in [-0.25, -0.2) is 4.79 Å². The number of carbonyl (C=O) groups excluding carboxylic acids is 4. The molecule has 0 aliphatic rings. The second-order valence-electron chi connectivity index (χ2n) is 9.60. The molecule has 0 aromatic heterocycles. The lowest BCUT2D eigenvalue weighted by molar-refractivity contribution is -0.144. The van der Waals surface area contributed by atoms with Crippen molar-refractivity contribution in [2.24, 2.45) is 0 Å². The Morgan fingerprint density at radius 3 is 2.32 bits per heavy atom. The van der Waals surface area contributed by atoms with Crippen molar-refractivity contribution in [3.05, 3.63) is 48.0 Å². The number of rotatable bonds is 15. The van der Waals surface area contributed by atoms with E-state index in [2.05, 4.69) is 17.2 Å². The quantitative estimate of drug-likeness (QED) is 0.251. The number of ether oxygens (including phenoxy) is 2. The van der Waals surface area contributed by atoms with Gasteiger partial charge in [-0.15, -0.1) is 6.58 Å². The first kappa shape index (κ1) is 33.0. The largest absolute Gasteiger partial charge is 0.466 e. The molecule has 1 aromatic rings. The molecule has 9 nitrogen and oxygen atoms in total. The summed E-state index contributed by atoms with van der Waals surface area (Å²) in [6.07, 6.45) is 3.91. The summed E-state index contributed by atoms with van der Waals surface area (Å²) in [5.41, 5.74) is 0.952. The van der Waals surface area contributed by atoms with Crippen LogP contribution >= 0.6 is 11.8 Å². The SMILES string of the molecule is C=CCN(C(=O)C(CCSC)NC(=O)OC(C)(C)C)C(C(=O)NCCC(=O)OCC)c1ccc(CC)cc1. The normalized spacial score (nSPS) is 12.6. The van der Waals surface area contributed by atoms with Gasteiger partial charge in [0, 0.05) is 13.1 Å². The molecular weight excluding hydrogens is 506 g/mol. The highest BCUT2D eigenvalue weighted by Crippen LogP contribution is 2.24. The Labute approximate surface area is 231 Å². The molecule has 0 aliphatic carbocycles. The van der Waals surface area contributed by atoms with Crippen LogP contribution in [0.25, 0.3) is 0 Å². The molecule has 3 amide bonds. The Kier molecular flexibility index (Phi) is 14.6. The van der Waals surface area contributed by atoms with Crippen LogP contribution in [0.4, 0.5) is 4.79 Å². The number of thioether (sulfide) groups is 1. The zero-order valence-electron chi connectivity index (χ0n) is 23.5. The molecule has 0 saturated carbocycles. The highest BCUT2D eigenvalue weighted by molar-refractivity contribution is 7.98. The van der Waals surface area contributed by atoms with Crippen LogP contribution in [0, 0.1) is 0 Å². The van der Waals surface area contributed by atoms with Gasteiger partial charge >= 0.3 is 12.1 Å². The van der Waals surface area contributed by atoms with Crippen LogP contribution in [0.2, 0.25) is 0 Å². The number of hydrogen-bond acceptors (Lipinski definition) is 7. The Bertz CT molecular complexity index is 930. The Balaban J connectivity index is 3.34. The second kappa shape index (κ2) is 16.8. The number of nitrogens with one attached hydrogen (secondary N) is 2. The van der Waals surface area contributed by atoms with Gasteiger partial charge < -0.3 is 25.0 Å². The smallest absolute Gasteiger partial charge is 0.408 e. The zero-order valence-corrected chi connectivity index (χ0v) is 24.3. The molecule has 1 aromatic carbocycles. The maximum Gasteiger partial charge on any atom is 0.408 e. The van der Waals surface area contributed by atoms with Crippen LogP contribution in [0.5, 0.6) is 0 Å². The zero-order chi connectivity index (χ0) is 28.7. The lowest BCUT2D eigenvalue weighted by atomic mass is 10.00. The molecule has 2 atom stereocenters. The molecule has 1 rings (SSSR count). The molecule has 0 saturated heterocycles. The van der Waals surface area contributed by atoms with Crippen molar-refractivity contribution in [2.75, 3.05) is 31.7 Å². The predicted octanol–water partition coefficient (Wildman–Crippen LogP) is 4.02. The van der Waals surface area contributed by atoms with Gasteiger partial charge in [0.15, 0.2) is 0 Å². The van der Waals surface area contributed by atoms with E-state index in [9.17, 15) is 19.2 Å². The summed E-state index contributed by atoms with van der Waals surface area (Å²) in [6, 6.07) is 5.53. The van der Waals surface area contributed by atoms with E-state index < -0.39 is 41.6 Å². The third-order valence-corrected chi connectivity index (χ3v) is 6.05. The molecule has 2 N–H and O–H groups in total. The maximum atomic E-state index is 13.9. The van der Waals surface area contributed by atoms with E-state index in [-0.39, 0.29) is 26.1 Å². The van der Waals surface area contributed by atoms with Crippen LogP contribution in [0.15, 0.2) is 36.9 Å². The number of aryl methyl sites for hydroxylation is 1. The van der Waals surface area contributed by atoms with Gasteiger partial charge in [-0.3, -0.25) is 14.4 Å². The number of benzene rings is 1. The minimum Gasteiger partial charge on any atom is -0.466 e. The van der Waals surface area contributed by atoms with Crippen molar-refractivity contribution in [3.63, 3.8) is 0 Å². The van der Waals surface area contributed by atoms with Crippen molar-refractivity contribution in [1.29, 1.82) is 0 Å². The molecule has 0 radical (unpaired) electrons. The molecule has 212 valence electrons. The van der Waals surface area contributed by atoms with E-state index >= 15 is 0 Å². The highest BCUT2D eigenvalue weighted by atomic mass is 32.2. The van der Waals surface area contributed by atoms with Crippen molar-refractivity contribution in [2.45, 2.75) is 71.6 Å². The molecular formula is C28H43N3O6S. The van der Waals surface area contributed by atoms with Crippen molar-refractivity contribution < 1.29 is 28.7 Å². The third-order valence-electron chi connectivity index (χ3n) is 5.41. The Hall–Kier alpha value is -3.01. The molecule has 0 fully saturated rings. The Morgan fingerprint density at radius 2 is 1.79 bits per heavy atom. The van der Waals surface area contributed by atoms with Crippen LogP contribution in [0.3, 0.4) is 0 Å². The minimum absolute atomic E-state index is 0.00697. The summed E-state index contributed by atoms with van der Waals surface area (Å²) in [7, 11) is 0. The molecule has 0 bridgehead atoms. The van der Waals surface area contributed by atoms with E-state index in [1.807, 2.05) is 37.4 Å². The molecule has 10 heteroatoms. The van der Waals surface area contributed by atoms with Gasteiger partial charge in [0.05, 0.1) is 13.0 Å². The van der Waals surface area contributed by atoms with Crippen LogP contribution in [0.1, 0.15) is 64.6 Å². The van der Waals surface area contributed by atoms with Gasteiger partial charge in [-0.2, -0.15) is 11.8 Å². The third kappa shape index (κ3) is 11.6. The fourth-order valence-electron chi connectivity index (χ4n) is 3.63. The molecule has 2 unspecified atom stereocenters. The first-order chi connectivity index (χ1) is 18.0. The number of alkyl carbamates (subject to hydrolysis) is 1. The summed E-state index contributed by atoms with van der Waals surface area (Å²) in [5, 5.41) is 5.45. The van der Waals surface area contributed by atoms with Crippen molar-refractivity contribution in [3.8, 4) is 0 Å². The highest BCUT2D eigenvalue weighted by Gasteiger charge is 2.35. The van der Waals surface area contributed by atoms with Gasteiger partial charge in [-0.05, 0) is 63.7 Å². The number of hydrogen-bond donors (Lipinski definition) is 2. The molecule has 0 aliphatic heterocycles. The summed E-state index contributed by atoms with van der Waals surface area (Å²) >= 11 is 1.54. The van der Waals surface area contributed by atoms with E-state index in [1.165, 1.54) is 22.7 Å². The first-order valence-electron chi connectivity index (χ1n) is 12.9. The fourth-order valence-corrected chi connectivity index (χ4v) is 4.10. The van der Waals surface area contributed by atoms with Gasteiger partial charge in [0.1, 0.15) is 17.7 Å². The Morgan fingerprint density at radius 1 is 1.13 bits per heavy atom. The van der Waals surface area contributed by atoms with Crippen molar-refractivity contribution >= 4 is 35.6 Å². The lowest BCUT2D eigenvalue weighted by Crippen LogP contribution is -2.53. The number of esters is 1. The second-order valence-corrected chi connectivity index (χ2v) is 10.6. The van der Waals surface area contributed by atoms with E-state index in [0.717, 1.165) is 12.0 Å². The summed E-state index contributed by atoms with van der Waals surface area (Å²) < 4.78 is 10.3. The van der Waals surface area contributed by atoms with E-state index in [0.29, 0.717) is 17.7 Å².